The van der Waals surface area contributed by atoms with Gasteiger partial charge in [0.15, 0.2) is 6.29 Å². The number of carbonyl (C=O) groups excluding carboxylic acids is 2. The van der Waals surface area contributed by atoms with E-state index < -0.39 is 74.2 Å². The smallest absolute Gasteiger partial charge is 0.217 e. The Morgan fingerprint density at radius 1 is 1.19 bits per heavy atom. The highest BCUT2D eigenvalue weighted by molar-refractivity contribution is 5.77. The van der Waals surface area contributed by atoms with E-state index in [-0.39, 0.29) is 6.29 Å². The molecule has 1 aliphatic rings. The summed E-state index contributed by atoms with van der Waals surface area (Å²) in [5.41, 5.74) is 0. The number of aliphatic hydroxyl groups is 7. The zero-order valence-corrected chi connectivity index (χ0v) is 14.0. The summed E-state index contributed by atoms with van der Waals surface area (Å²) in [6, 6.07) is -1.50. The molecule has 9 atom stereocenters. The second kappa shape index (κ2) is 10.2. The molecule has 1 rings (SSSR count). The van der Waals surface area contributed by atoms with Gasteiger partial charge in [-0.15, -0.1) is 0 Å². The van der Waals surface area contributed by atoms with Crippen molar-refractivity contribution >= 4 is 12.2 Å². The Morgan fingerprint density at radius 2 is 1.81 bits per heavy atom. The van der Waals surface area contributed by atoms with Gasteiger partial charge in [-0.1, -0.05) is 0 Å². The highest BCUT2D eigenvalue weighted by Gasteiger charge is 2.47. The Morgan fingerprint density at radius 3 is 2.27 bits per heavy atom. The fraction of sp³-hybridized carbons (Fsp3) is 0.857. The maximum absolute atomic E-state index is 11.3. The second-order valence-corrected chi connectivity index (χ2v) is 5.90. The van der Waals surface area contributed by atoms with E-state index in [1.807, 2.05) is 0 Å². The summed E-state index contributed by atoms with van der Waals surface area (Å²) in [4.78, 5) is 22.5. The number of carbonyl (C=O) groups is 2. The molecule has 0 aliphatic carbocycles. The Bertz CT molecular complexity index is 462. The summed E-state index contributed by atoms with van der Waals surface area (Å²) in [6.45, 7) is -0.558. The molecule has 1 fully saturated rings. The minimum atomic E-state index is -1.89. The zero-order chi connectivity index (χ0) is 20.0. The molecule has 152 valence electrons. The van der Waals surface area contributed by atoms with Gasteiger partial charge in [-0.2, -0.15) is 0 Å². The standard InChI is InChI=1S/C14H25NO11/c1-5(19)15-6(2-16)13(9(21)7(20)3-17)26-14-12(24)11(23)10(22)8(4-18)25-14/h2,6-14,17-18,20-24H,3-4H2,1H3,(H,15,19)/t6-,7+,8+,9+,10-,11-,12+,13?,14-/m0/s1. The van der Waals surface area contributed by atoms with Crippen molar-refractivity contribution in [3.05, 3.63) is 0 Å². The van der Waals surface area contributed by atoms with Gasteiger partial charge in [0.2, 0.25) is 5.91 Å². The largest absolute Gasteiger partial charge is 0.394 e. The molecule has 1 heterocycles. The summed E-state index contributed by atoms with van der Waals surface area (Å²) < 4.78 is 10.4. The van der Waals surface area contributed by atoms with Crippen LogP contribution < -0.4 is 5.32 Å². The molecule has 0 radical (unpaired) electrons. The number of aliphatic hydroxyl groups excluding tert-OH is 7. The number of hydrogen-bond acceptors (Lipinski definition) is 11. The van der Waals surface area contributed by atoms with Crippen molar-refractivity contribution in [1.29, 1.82) is 0 Å². The lowest BCUT2D eigenvalue weighted by molar-refractivity contribution is -0.320. The minimum absolute atomic E-state index is 0.198. The van der Waals surface area contributed by atoms with E-state index >= 15 is 0 Å². The third kappa shape index (κ3) is 5.39. The van der Waals surface area contributed by atoms with E-state index in [9.17, 15) is 35.1 Å². The van der Waals surface area contributed by atoms with E-state index in [0.717, 1.165) is 6.92 Å². The van der Waals surface area contributed by atoms with Crippen molar-refractivity contribution in [1.82, 2.24) is 5.32 Å². The van der Waals surface area contributed by atoms with Gasteiger partial charge in [0, 0.05) is 6.92 Å². The Balaban J connectivity index is 3.06. The summed E-state index contributed by atoms with van der Waals surface area (Å²) in [6.07, 6.45) is -13.5. The third-order valence-corrected chi connectivity index (χ3v) is 3.93. The van der Waals surface area contributed by atoms with Crippen LogP contribution in [0.3, 0.4) is 0 Å². The summed E-state index contributed by atoms with van der Waals surface area (Å²) in [7, 11) is 0. The summed E-state index contributed by atoms with van der Waals surface area (Å²) >= 11 is 0. The van der Waals surface area contributed by atoms with Crippen LogP contribution in [0.25, 0.3) is 0 Å². The van der Waals surface area contributed by atoms with Gasteiger partial charge >= 0.3 is 0 Å². The Labute approximate surface area is 148 Å². The summed E-state index contributed by atoms with van der Waals surface area (Å²) in [5.74, 6) is -0.671. The van der Waals surface area contributed by atoms with Crippen LogP contribution in [0.2, 0.25) is 0 Å². The quantitative estimate of drug-likeness (QED) is 0.176. The number of hydrogen-bond donors (Lipinski definition) is 8. The summed E-state index contributed by atoms with van der Waals surface area (Å²) in [5, 5.41) is 69.5. The van der Waals surface area contributed by atoms with Crippen LogP contribution in [0.5, 0.6) is 0 Å². The molecule has 12 nitrogen and oxygen atoms in total. The van der Waals surface area contributed by atoms with Crippen LogP contribution in [0.15, 0.2) is 0 Å². The number of amides is 1. The first-order chi connectivity index (χ1) is 12.2. The van der Waals surface area contributed by atoms with Crippen LogP contribution in [-0.2, 0) is 19.1 Å². The fourth-order valence-corrected chi connectivity index (χ4v) is 2.47. The minimum Gasteiger partial charge on any atom is -0.394 e. The van der Waals surface area contributed by atoms with Crippen LogP contribution >= 0.6 is 0 Å². The molecule has 1 unspecified atom stereocenters. The lowest BCUT2D eigenvalue weighted by Gasteiger charge is -2.42. The zero-order valence-electron chi connectivity index (χ0n) is 14.0. The SMILES string of the molecule is CC(=O)N[C@@H](C=O)C(O[C@@H]1O[C@H](CO)[C@H](O)[C@H](O)[C@H]1O)[C@H](O)[C@H](O)CO. The molecule has 0 aromatic heterocycles. The van der Waals surface area contributed by atoms with Gasteiger partial charge in [-0.3, -0.25) is 4.79 Å². The van der Waals surface area contributed by atoms with E-state index in [0.29, 0.717) is 0 Å². The van der Waals surface area contributed by atoms with Crippen molar-refractivity contribution in [2.75, 3.05) is 13.2 Å². The van der Waals surface area contributed by atoms with Gasteiger partial charge in [-0.05, 0) is 0 Å². The number of nitrogens with one attached hydrogen (secondary N) is 1. The van der Waals surface area contributed by atoms with E-state index in [2.05, 4.69) is 5.32 Å². The molecule has 0 bridgehead atoms. The molecule has 0 aromatic carbocycles. The van der Waals surface area contributed by atoms with Gasteiger partial charge in [-0.25, -0.2) is 0 Å². The van der Waals surface area contributed by atoms with Crippen molar-refractivity contribution < 1.29 is 54.8 Å². The van der Waals surface area contributed by atoms with Gasteiger partial charge in [0.05, 0.1) is 13.2 Å². The lowest BCUT2D eigenvalue weighted by Crippen LogP contribution is -2.62. The van der Waals surface area contributed by atoms with Gasteiger partial charge in [0.1, 0.15) is 55.1 Å². The fourth-order valence-electron chi connectivity index (χ4n) is 2.47. The lowest BCUT2D eigenvalue weighted by atomic mass is 9.98. The molecule has 0 saturated carbocycles. The first-order valence-electron chi connectivity index (χ1n) is 7.83. The van der Waals surface area contributed by atoms with Crippen LogP contribution in [0, 0.1) is 0 Å². The first-order valence-corrected chi connectivity index (χ1v) is 7.83. The van der Waals surface area contributed by atoms with Crippen molar-refractivity contribution in [3.63, 3.8) is 0 Å². The average Bonchev–Trinajstić information content (AvgIpc) is 2.62. The van der Waals surface area contributed by atoms with Crippen molar-refractivity contribution in [2.24, 2.45) is 0 Å². The molecule has 8 N–H and O–H groups in total. The predicted octanol–water partition coefficient (Wildman–Crippen LogP) is -5.41. The number of ether oxygens (including phenoxy) is 2. The maximum atomic E-state index is 11.3. The topological polar surface area (TPSA) is 206 Å². The van der Waals surface area contributed by atoms with Crippen LogP contribution in [0.1, 0.15) is 6.92 Å². The number of rotatable bonds is 9. The molecule has 1 saturated heterocycles. The predicted molar refractivity (Wildman–Crippen MR) is 81.4 cm³/mol. The van der Waals surface area contributed by atoms with Gasteiger partial charge < -0.3 is 55.3 Å². The first kappa shape index (κ1) is 22.8. The van der Waals surface area contributed by atoms with Crippen LogP contribution in [-0.4, -0.2) is 116 Å². The molecule has 1 amide bonds. The molecular formula is C14H25NO11. The highest BCUT2D eigenvalue weighted by Crippen LogP contribution is 2.24. The monoisotopic (exact) mass is 383 g/mol. The molecule has 1 aliphatic heterocycles. The van der Waals surface area contributed by atoms with Crippen LogP contribution in [0.4, 0.5) is 0 Å². The molecule has 0 spiro atoms. The van der Waals surface area contributed by atoms with E-state index in [1.165, 1.54) is 0 Å². The Kier molecular flexibility index (Phi) is 8.95. The molecule has 12 heteroatoms. The highest BCUT2D eigenvalue weighted by atomic mass is 16.7. The second-order valence-electron chi connectivity index (χ2n) is 5.90. The normalized spacial score (nSPS) is 33.8. The number of aldehydes is 1. The molecule has 26 heavy (non-hydrogen) atoms. The average molecular weight is 383 g/mol. The van der Waals surface area contributed by atoms with Crippen molar-refractivity contribution in [2.45, 2.75) is 62.0 Å². The third-order valence-electron chi connectivity index (χ3n) is 3.93. The van der Waals surface area contributed by atoms with E-state index in [4.69, 9.17) is 19.7 Å². The molecule has 0 aromatic rings. The molecular weight excluding hydrogens is 358 g/mol. The Hall–Kier alpha value is -1.22. The van der Waals surface area contributed by atoms with Gasteiger partial charge in [0.25, 0.3) is 0 Å². The maximum Gasteiger partial charge on any atom is 0.217 e. The van der Waals surface area contributed by atoms with E-state index in [1.54, 1.807) is 0 Å². The van der Waals surface area contributed by atoms with Crippen molar-refractivity contribution in [3.8, 4) is 0 Å².